The van der Waals surface area contributed by atoms with Crippen molar-refractivity contribution in [3.8, 4) is 11.5 Å². The molecule has 0 radical (unpaired) electrons. The van der Waals surface area contributed by atoms with Gasteiger partial charge in [0.25, 0.3) is 11.5 Å². The summed E-state index contributed by atoms with van der Waals surface area (Å²) in [5, 5.41) is 6.91. The molecule has 0 unspecified atom stereocenters. The van der Waals surface area contributed by atoms with E-state index in [9.17, 15) is 9.59 Å². The third-order valence-electron chi connectivity index (χ3n) is 3.26. The highest BCUT2D eigenvalue weighted by Crippen LogP contribution is 2.14. The second-order valence-corrected chi connectivity index (χ2v) is 5.06. The van der Waals surface area contributed by atoms with Gasteiger partial charge in [-0.15, -0.1) is 0 Å². The van der Waals surface area contributed by atoms with Crippen LogP contribution in [0.15, 0.2) is 52.1 Å². The van der Waals surface area contributed by atoms with E-state index in [-0.39, 0.29) is 30.2 Å². The van der Waals surface area contributed by atoms with Crippen LogP contribution in [0.25, 0.3) is 11.5 Å². The number of nitrogens with zero attached hydrogens (tertiary/aromatic N) is 4. The van der Waals surface area contributed by atoms with Crippen molar-refractivity contribution in [3.05, 3.63) is 64.7 Å². The van der Waals surface area contributed by atoms with Crippen molar-refractivity contribution in [1.29, 1.82) is 0 Å². The fourth-order valence-electron chi connectivity index (χ4n) is 2.04. The monoisotopic (exact) mass is 325 g/mol. The maximum Gasteiger partial charge on any atom is 0.271 e. The predicted octanol–water partition coefficient (Wildman–Crippen LogP) is 1.03. The lowest BCUT2D eigenvalue weighted by molar-refractivity contribution is 0.0946. The molecule has 0 fully saturated rings. The van der Waals surface area contributed by atoms with Gasteiger partial charge in [-0.25, -0.2) is 9.67 Å². The van der Waals surface area contributed by atoms with Crippen molar-refractivity contribution in [2.45, 2.75) is 13.5 Å². The smallest absolute Gasteiger partial charge is 0.271 e. The second kappa shape index (κ2) is 6.86. The number of amides is 1. The normalized spacial score (nSPS) is 10.5. The molecule has 0 aliphatic rings. The molecule has 3 aromatic heterocycles. The number of hydrogen-bond donors (Lipinski definition) is 1. The zero-order chi connectivity index (χ0) is 16.9. The number of carbonyl (C=O) groups is 1. The van der Waals surface area contributed by atoms with E-state index in [1.807, 2.05) is 0 Å². The number of hydrogen-bond acceptors (Lipinski definition) is 6. The quantitative estimate of drug-likeness (QED) is 0.751. The third kappa shape index (κ3) is 3.54. The van der Waals surface area contributed by atoms with Gasteiger partial charge in [0.05, 0.1) is 24.7 Å². The van der Waals surface area contributed by atoms with Crippen molar-refractivity contribution >= 4 is 5.91 Å². The SMILES string of the molecule is Cc1cnc(C(=O)NCCn2nc(-c3ccco3)ccc2=O)cn1. The van der Waals surface area contributed by atoms with Crippen molar-refractivity contribution in [2.75, 3.05) is 6.54 Å². The van der Waals surface area contributed by atoms with Crippen molar-refractivity contribution < 1.29 is 9.21 Å². The largest absolute Gasteiger partial charge is 0.463 e. The van der Waals surface area contributed by atoms with E-state index in [2.05, 4.69) is 20.4 Å². The van der Waals surface area contributed by atoms with E-state index in [1.54, 1.807) is 25.1 Å². The molecular weight excluding hydrogens is 310 g/mol. The summed E-state index contributed by atoms with van der Waals surface area (Å²) in [6.07, 6.45) is 4.47. The molecule has 0 saturated carbocycles. The van der Waals surface area contributed by atoms with Gasteiger partial charge in [0, 0.05) is 18.8 Å². The summed E-state index contributed by atoms with van der Waals surface area (Å²) in [7, 11) is 0. The van der Waals surface area contributed by atoms with Gasteiger partial charge in [-0.05, 0) is 25.1 Å². The summed E-state index contributed by atoms with van der Waals surface area (Å²) < 4.78 is 6.54. The van der Waals surface area contributed by atoms with Gasteiger partial charge >= 0.3 is 0 Å². The molecule has 0 spiro atoms. The van der Waals surface area contributed by atoms with Gasteiger partial charge in [0.2, 0.25) is 0 Å². The van der Waals surface area contributed by atoms with E-state index >= 15 is 0 Å². The Morgan fingerprint density at radius 2 is 2.12 bits per heavy atom. The number of nitrogens with one attached hydrogen (secondary N) is 1. The molecule has 24 heavy (non-hydrogen) atoms. The Bertz CT molecular complexity index is 885. The zero-order valence-corrected chi connectivity index (χ0v) is 13.0. The first-order valence-corrected chi connectivity index (χ1v) is 7.32. The summed E-state index contributed by atoms with van der Waals surface area (Å²) in [6.45, 7) is 2.26. The summed E-state index contributed by atoms with van der Waals surface area (Å²) in [5.74, 6) is 0.223. The Hall–Kier alpha value is -3.29. The topological polar surface area (TPSA) is 103 Å². The molecule has 8 nitrogen and oxygen atoms in total. The lowest BCUT2D eigenvalue weighted by Gasteiger charge is -2.07. The van der Waals surface area contributed by atoms with E-state index in [1.165, 1.54) is 29.4 Å². The van der Waals surface area contributed by atoms with E-state index in [4.69, 9.17) is 4.42 Å². The summed E-state index contributed by atoms with van der Waals surface area (Å²) in [4.78, 5) is 31.8. The van der Waals surface area contributed by atoms with Crippen LogP contribution in [0.3, 0.4) is 0 Å². The van der Waals surface area contributed by atoms with Crippen LogP contribution in [0.4, 0.5) is 0 Å². The maximum absolute atomic E-state index is 11.9. The molecule has 122 valence electrons. The van der Waals surface area contributed by atoms with Gasteiger partial charge in [-0.1, -0.05) is 0 Å². The first-order valence-electron chi connectivity index (χ1n) is 7.32. The van der Waals surface area contributed by atoms with Crippen LogP contribution < -0.4 is 10.9 Å². The van der Waals surface area contributed by atoms with Crippen molar-refractivity contribution in [1.82, 2.24) is 25.1 Å². The molecule has 0 aliphatic heterocycles. The highest BCUT2D eigenvalue weighted by atomic mass is 16.3. The summed E-state index contributed by atoms with van der Waals surface area (Å²) >= 11 is 0. The average molecular weight is 325 g/mol. The van der Waals surface area contributed by atoms with Crippen LogP contribution in [-0.4, -0.2) is 32.2 Å². The second-order valence-electron chi connectivity index (χ2n) is 5.06. The van der Waals surface area contributed by atoms with Crippen LogP contribution >= 0.6 is 0 Å². The van der Waals surface area contributed by atoms with E-state index < -0.39 is 0 Å². The number of carbonyl (C=O) groups excluding carboxylic acids is 1. The van der Waals surface area contributed by atoms with Crippen LogP contribution in [-0.2, 0) is 6.54 Å². The lowest BCUT2D eigenvalue weighted by Crippen LogP contribution is -2.32. The standard InChI is InChI=1S/C16H15N5O3/c1-11-9-19-13(10-18-11)16(23)17-6-7-21-15(22)5-4-12(20-21)14-3-2-8-24-14/h2-5,8-10H,6-7H2,1H3,(H,17,23). The number of furan rings is 1. The summed E-state index contributed by atoms with van der Waals surface area (Å²) in [6, 6.07) is 6.51. The minimum atomic E-state index is -0.349. The van der Waals surface area contributed by atoms with Gasteiger partial charge in [0.1, 0.15) is 11.4 Å². The van der Waals surface area contributed by atoms with Crippen LogP contribution in [0.5, 0.6) is 0 Å². The molecule has 0 atom stereocenters. The Morgan fingerprint density at radius 1 is 1.25 bits per heavy atom. The predicted molar refractivity (Wildman–Crippen MR) is 85.3 cm³/mol. The van der Waals surface area contributed by atoms with Crippen molar-refractivity contribution in [2.24, 2.45) is 0 Å². The number of aromatic nitrogens is 4. The highest BCUT2D eigenvalue weighted by Gasteiger charge is 2.08. The highest BCUT2D eigenvalue weighted by molar-refractivity contribution is 5.91. The third-order valence-corrected chi connectivity index (χ3v) is 3.26. The Morgan fingerprint density at radius 3 is 2.83 bits per heavy atom. The van der Waals surface area contributed by atoms with Gasteiger partial charge in [-0.2, -0.15) is 5.10 Å². The molecular formula is C16H15N5O3. The fraction of sp³-hybridized carbons (Fsp3) is 0.188. The first-order chi connectivity index (χ1) is 11.6. The summed E-state index contributed by atoms with van der Waals surface area (Å²) in [5.41, 5.74) is 1.26. The molecule has 0 aliphatic carbocycles. The molecule has 3 heterocycles. The van der Waals surface area contributed by atoms with Crippen LogP contribution in [0.2, 0.25) is 0 Å². The molecule has 3 rings (SSSR count). The Kier molecular flexibility index (Phi) is 4.46. The molecule has 1 N–H and O–H groups in total. The Labute approximate surface area is 137 Å². The minimum absolute atomic E-state index is 0.227. The average Bonchev–Trinajstić information content (AvgIpc) is 3.11. The van der Waals surface area contributed by atoms with Gasteiger partial charge in [0.15, 0.2) is 5.76 Å². The molecule has 0 bridgehead atoms. The molecule has 0 saturated heterocycles. The fourth-order valence-corrected chi connectivity index (χ4v) is 2.04. The minimum Gasteiger partial charge on any atom is -0.463 e. The van der Waals surface area contributed by atoms with Gasteiger partial charge < -0.3 is 9.73 Å². The lowest BCUT2D eigenvalue weighted by atomic mass is 10.3. The molecule has 1 amide bonds. The number of rotatable bonds is 5. The van der Waals surface area contributed by atoms with E-state index in [0.29, 0.717) is 11.5 Å². The van der Waals surface area contributed by atoms with Gasteiger partial charge in [-0.3, -0.25) is 14.6 Å². The zero-order valence-electron chi connectivity index (χ0n) is 13.0. The first kappa shape index (κ1) is 15.6. The molecule has 8 heteroatoms. The van der Waals surface area contributed by atoms with Crippen molar-refractivity contribution in [3.63, 3.8) is 0 Å². The molecule has 3 aromatic rings. The number of aryl methyl sites for hydroxylation is 1. The Balaban J connectivity index is 1.64. The van der Waals surface area contributed by atoms with Crippen LogP contribution in [0.1, 0.15) is 16.2 Å². The van der Waals surface area contributed by atoms with Crippen LogP contribution in [0, 0.1) is 6.92 Å². The maximum atomic E-state index is 11.9. The van der Waals surface area contributed by atoms with E-state index in [0.717, 1.165) is 5.69 Å². The molecule has 0 aromatic carbocycles.